The van der Waals surface area contributed by atoms with Gasteiger partial charge in [-0.05, 0) is 44.0 Å². The van der Waals surface area contributed by atoms with E-state index in [9.17, 15) is 0 Å². The number of hydrogen-bond acceptors (Lipinski definition) is 3. The van der Waals surface area contributed by atoms with Crippen molar-refractivity contribution in [1.29, 1.82) is 0 Å². The summed E-state index contributed by atoms with van der Waals surface area (Å²) in [6.07, 6.45) is 4.81. The van der Waals surface area contributed by atoms with Gasteiger partial charge in [-0.3, -0.25) is 4.98 Å². The van der Waals surface area contributed by atoms with Crippen LogP contribution in [0.5, 0.6) is 0 Å². The third-order valence-corrected chi connectivity index (χ3v) is 4.31. The molecule has 0 saturated carbocycles. The fraction of sp³-hybridized carbons (Fsp3) is 0.263. The summed E-state index contributed by atoms with van der Waals surface area (Å²) >= 11 is 0. The van der Waals surface area contributed by atoms with Crippen LogP contribution in [0.1, 0.15) is 35.1 Å². The normalized spacial score (nSPS) is 17.2. The minimum atomic E-state index is 0.437. The molecule has 1 unspecified atom stereocenters. The zero-order valence-corrected chi connectivity index (χ0v) is 12.6. The van der Waals surface area contributed by atoms with E-state index in [1.54, 1.807) is 0 Å². The Labute approximate surface area is 130 Å². The van der Waals surface area contributed by atoms with Gasteiger partial charge in [-0.1, -0.05) is 23.8 Å². The number of oxazole rings is 1. The summed E-state index contributed by atoms with van der Waals surface area (Å²) in [6.45, 7) is 2.09. The van der Waals surface area contributed by atoms with E-state index in [4.69, 9.17) is 9.40 Å². The Balaban J connectivity index is 1.64. The average Bonchev–Trinajstić information content (AvgIpc) is 2.99. The first-order valence-corrected chi connectivity index (χ1v) is 7.76. The van der Waals surface area contributed by atoms with E-state index in [1.165, 1.54) is 5.56 Å². The molecule has 1 atom stereocenters. The van der Waals surface area contributed by atoms with Crippen LogP contribution < -0.4 is 0 Å². The first-order valence-electron chi connectivity index (χ1n) is 7.76. The number of fused-ring (bicyclic) bond motifs is 1. The van der Waals surface area contributed by atoms with E-state index in [-0.39, 0.29) is 0 Å². The van der Waals surface area contributed by atoms with Crippen molar-refractivity contribution in [2.45, 2.75) is 32.1 Å². The van der Waals surface area contributed by atoms with Gasteiger partial charge in [-0.15, -0.1) is 0 Å². The highest BCUT2D eigenvalue weighted by molar-refractivity contribution is 5.55. The molecular weight excluding hydrogens is 272 g/mol. The van der Waals surface area contributed by atoms with Gasteiger partial charge in [0.25, 0.3) is 0 Å². The molecule has 0 bridgehead atoms. The molecule has 0 fully saturated rings. The third kappa shape index (κ3) is 2.43. The predicted octanol–water partition coefficient (Wildman–Crippen LogP) is 4.32. The van der Waals surface area contributed by atoms with Crippen molar-refractivity contribution in [3.8, 4) is 11.5 Å². The standard InChI is InChI=1S/C19H18N2O/c1-13-5-4-6-15(11-13)19-21-17-9-8-14(12-18(17)22-19)16-7-2-3-10-20-16/h2-7,10-11,14H,8-9,12H2,1H3. The highest BCUT2D eigenvalue weighted by Crippen LogP contribution is 2.34. The number of benzene rings is 1. The number of pyridine rings is 1. The minimum Gasteiger partial charge on any atom is -0.441 e. The lowest BCUT2D eigenvalue weighted by Gasteiger charge is -2.19. The molecule has 3 nitrogen and oxygen atoms in total. The van der Waals surface area contributed by atoms with Crippen LogP contribution in [0.3, 0.4) is 0 Å². The zero-order chi connectivity index (χ0) is 14.9. The molecule has 0 saturated heterocycles. The summed E-state index contributed by atoms with van der Waals surface area (Å²) in [5.74, 6) is 2.21. The smallest absolute Gasteiger partial charge is 0.226 e. The van der Waals surface area contributed by atoms with Gasteiger partial charge in [-0.25, -0.2) is 4.98 Å². The highest BCUT2D eigenvalue weighted by atomic mass is 16.4. The van der Waals surface area contributed by atoms with Crippen molar-refractivity contribution in [3.05, 3.63) is 71.4 Å². The van der Waals surface area contributed by atoms with Crippen LogP contribution in [0.2, 0.25) is 0 Å². The quantitative estimate of drug-likeness (QED) is 0.705. The highest BCUT2D eigenvalue weighted by Gasteiger charge is 2.26. The summed E-state index contributed by atoms with van der Waals surface area (Å²) in [6, 6.07) is 14.4. The van der Waals surface area contributed by atoms with Crippen molar-refractivity contribution < 1.29 is 4.42 Å². The molecule has 2 heterocycles. The summed E-state index contributed by atoms with van der Waals surface area (Å²) in [5.41, 5.74) is 4.55. The monoisotopic (exact) mass is 290 g/mol. The number of hydrogen-bond donors (Lipinski definition) is 0. The fourth-order valence-electron chi connectivity index (χ4n) is 3.15. The molecule has 0 spiro atoms. The summed E-state index contributed by atoms with van der Waals surface area (Å²) in [7, 11) is 0. The Kier molecular flexibility index (Phi) is 3.26. The maximum atomic E-state index is 6.06. The van der Waals surface area contributed by atoms with E-state index >= 15 is 0 Å². The van der Waals surface area contributed by atoms with Gasteiger partial charge in [0, 0.05) is 29.8 Å². The third-order valence-electron chi connectivity index (χ3n) is 4.31. The van der Waals surface area contributed by atoms with Crippen molar-refractivity contribution in [1.82, 2.24) is 9.97 Å². The van der Waals surface area contributed by atoms with Crippen LogP contribution in [0.25, 0.3) is 11.5 Å². The van der Waals surface area contributed by atoms with Gasteiger partial charge >= 0.3 is 0 Å². The lowest BCUT2D eigenvalue weighted by molar-refractivity contribution is 0.454. The van der Waals surface area contributed by atoms with Crippen molar-refractivity contribution in [2.24, 2.45) is 0 Å². The lowest BCUT2D eigenvalue weighted by Crippen LogP contribution is -2.12. The van der Waals surface area contributed by atoms with Crippen molar-refractivity contribution in [3.63, 3.8) is 0 Å². The second kappa shape index (κ2) is 5.41. The van der Waals surface area contributed by atoms with Gasteiger partial charge in [0.05, 0.1) is 5.69 Å². The van der Waals surface area contributed by atoms with E-state index < -0.39 is 0 Å². The van der Waals surface area contributed by atoms with Crippen LogP contribution in [0.15, 0.2) is 53.1 Å². The largest absolute Gasteiger partial charge is 0.441 e. The topological polar surface area (TPSA) is 38.9 Å². The molecule has 2 aromatic heterocycles. The molecule has 0 radical (unpaired) electrons. The maximum Gasteiger partial charge on any atom is 0.226 e. The minimum absolute atomic E-state index is 0.437. The molecule has 110 valence electrons. The molecular formula is C19H18N2O. The van der Waals surface area contributed by atoms with Gasteiger partial charge in [-0.2, -0.15) is 0 Å². The maximum absolute atomic E-state index is 6.06. The van der Waals surface area contributed by atoms with E-state index in [2.05, 4.69) is 42.2 Å². The molecule has 22 heavy (non-hydrogen) atoms. The number of rotatable bonds is 2. The molecule has 1 aliphatic rings. The van der Waals surface area contributed by atoms with Gasteiger partial charge in [0.1, 0.15) is 5.76 Å². The second-order valence-corrected chi connectivity index (χ2v) is 5.95. The van der Waals surface area contributed by atoms with Crippen molar-refractivity contribution >= 4 is 0 Å². The van der Waals surface area contributed by atoms with Gasteiger partial charge < -0.3 is 4.42 Å². The Hall–Kier alpha value is -2.42. The summed E-state index contributed by atoms with van der Waals surface area (Å²) in [4.78, 5) is 9.19. The van der Waals surface area contributed by atoms with E-state index in [0.717, 1.165) is 47.9 Å². The molecule has 3 aromatic rings. The fourth-order valence-corrected chi connectivity index (χ4v) is 3.15. The molecule has 1 aliphatic carbocycles. The summed E-state index contributed by atoms with van der Waals surface area (Å²) < 4.78 is 6.06. The van der Waals surface area contributed by atoms with Gasteiger partial charge in [0.15, 0.2) is 0 Å². The second-order valence-electron chi connectivity index (χ2n) is 5.95. The summed E-state index contributed by atoms with van der Waals surface area (Å²) in [5, 5.41) is 0. The molecule has 4 rings (SSSR count). The zero-order valence-electron chi connectivity index (χ0n) is 12.6. The van der Waals surface area contributed by atoms with Crippen LogP contribution in [-0.2, 0) is 12.8 Å². The Bertz CT molecular complexity index is 792. The van der Waals surface area contributed by atoms with Crippen molar-refractivity contribution in [2.75, 3.05) is 0 Å². The van der Waals surface area contributed by atoms with Crippen LogP contribution in [0, 0.1) is 6.92 Å². The number of nitrogens with zero attached hydrogens (tertiary/aromatic N) is 2. The van der Waals surface area contributed by atoms with E-state index in [1.807, 2.05) is 18.3 Å². The molecule has 0 amide bonds. The molecule has 0 N–H and O–H groups in total. The first-order chi connectivity index (χ1) is 10.8. The Morgan fingerprint density at radius 3 is 2.91 bits per heavy atom. The SMILES string of the molecule is Cc1cccc(-c2nc3c(o2)CC(c2ccccn2)CC3)c1. The van der Waals surface area contributed by atoms with Crippen LogP contribution >= 0.6 is 0 Å². The first kappa shape index (κ1) is 13.3. The molecule has 1 aromatic carbocycles. The number of aryl methyl sites for hydroxylation is 2. The van der Waals surface area contributed by atoms with Crippen LogP contribution in [-0.4, -0.2) is 9.97 Å². The molecule has 0 aliphatic heterocycles. The molecule has 3 heteroatoms. The Morgan fingerprint density at radius 2 is 2.09 bits per heavy atom. The van der Waals surface area contributed by atoms with Crippen LogP contribution in [0.4, 0.5) is 0 Å². The van der Waals surface area contributed by atoms with E-state index in [0.29, 0.717) is 5.92 Å². The average molecular weight is 290 g/mol. The number of aromatic nitrogens is 2. The van der Waals surface area contributed by atoms with Gasteiger partial charge in [0.2, 0.25) is 5.89 Å². The Morgan fingerprint density at radius 1 is 1.14 bits per heavy atom. The lowest BCUT2D eigenvalue weighted by atomic mass is 9.88. The predicted molar refractivity (Wildman–Crippen MR) is 85.7 cm³/mol.